The molecule has 1 aromatic carbocycles. The van der Waals surface area contributed by atoms with E-state index in [0.717, 1.165) is 18.6 Å². The first-order valence-electron chi connectivity index (χ1n) is 6.53. The highest BCUT2D eigenvalue weighted by Gasteiger charge is 2.36. The number of hydrogen-bond acceptors (Lipinski definition) is 5. The van der Waals surface area contributed by atoms with Crippen LogP contribution in [0.3, 0.4) is 0 Å². The lowest BCUT2D eigenvalue weighted by Gasteiger charge is -2.33. The first-order valence-corrected chi connectivity index (χ1v) is 8.35. The van der Waals surface area contributed by atoms with Gasteiger partial charge in [-0.2, -0.15) is 4.31 Å². The maximum atomic E-state index is 12.7. The summed E-state index contributed by atoms with van der Waals surface area (Å²) in [5.74, 6) is 0. The summed E-state index contributed by atoms with van der Waals surface area (Å²) in [5.41, 5.74) is 5.16. The van der Waals surface area contributed by atoms with Crippen molar-refractivity contribution in [1.29, 1.82) is 0 Å². The van der Waals surface area contributed by atoms with E-state index in [0.29, 0.717) is 19.4 Å². The van der Waals surface area contributed by atoms with E-state index in [-0.39, 0.29) is 22.5 Å². The molecule has 7 nitrogen and oxygen atoms in total. The maximum Gasteiger partial charge on any atom is 0.289 e. The van der Waals surface area contributed by atoms with Gasteiger partial charge in [-0.25, -0.2) is 8.42 Å². The molecule has 2 rings (SSSR count). The highest BCUT2D eigenvalue weighted by atomic mass is 35.5. The Balaban J connectivity index is 2.53. The second kappa shape index (κ2) is 6.27. The average molecular weight is 334 g/mol. The molecule has 0 bridgehead atoms. The molecular formula is C12H16ClN3O4S. The molecule has 2 N–H and O–H groups in total. The van der Waals surface area contributed by atoms with Crippen LogP contribution < -0.4 is 5.73 Å². The highest BCUT2D eigenvalue weighted by Crippen LogP contribution is 2.32. The number of piperidine rings is 1. The Morgan fingerprint density at radius 3 is 2.76 bits per heavy atom. The second-order valence-electron chi connectivity index (χ2n) is 4.87. The van der Waals surface area contributed by atoms with E-state index in [1.54, 1.807) is 0 Å². The summed E-state index contributed by atoms with van der Waals surface area (Å²) in [5, 5.41) is 11.2. The zero-order chi connectivity index (χ0) is 15.6. The molecule has 1 saturated heterocycles. The lowest BCUT2D eigenvalue weighted by molar-refractivity contribution is -0.387. The van der Waals surface area contributed by atoms with Crippen molar-refractivity contribution in [2.45, 2.75) is 30.2 Å². The minimum Gasteiger partial charge on any atom is -0.329 e. The summed E-state index contributed by atoms with van der Waals surface area (Å²) in [6, 6.07) is 3.20. The number of halogens is 1. The molecule has 116 valence electrons. The molecule has 1 aliphatic rings. The van der Waals surface area contributed by atoms with Gasteiger partial charge in [-0.15, -0.1) is 0 Å². The molecule has 1 aromatic rings. The number of sulfonamides is 1. The van der Waals surface area contributed by atoms with Gasteiger partial charge < -0.3 is 5.73 Å². The van der Waals surface area contributed by atoms with Gasteiger partial charge in [0.05, 0.1) is 4.92 Å². The Kier molecular flexibility index (Phi) is 4.82. The molecule has 1 heterocycles. The van der Waals surface area contributed by atoms with Crippen molar-refractivity contribution in [1.82, 2.24) is 4.31 Å². The Labute approximate surface area is 127 Å². The van der Waals surface area contributed by atoms with Crippen LogP contribution in [0.25, 0.3) is 0 Å². The lowest BCUT2D eigenvalue weighted by Crippen LogP contribution is -2.47. The standard InChI is InChI=1S/C12H16ClN3O4S/c13-9-4-5-11(16(17)18)12(7-9)21(19,20)15-6-2-1-3-10(15)8-14/h4-5,7,10H,1-3,6,8,14H2. The summed E-state index contributed by atoms with van der Waals surface area (Å²) in [6.45, 7) is 0.501. The Morgan fingerprint density at radius 2 is 2.14 bits per heavy atom. The molecule has 0 saturated carbocycles. The number of nitro groups is 1. The molecule has 0 spiro atoms. The van der Waals surface area contributed by atoms with Crippen molar-refractivity contribution in [3.05, 3.63) is 33.3 Å². The topological polar surface area (TPSA) is 107 Å². The van der Waals surface area contributed by atoms with Crippen molar-refractivity contribution >= 4 is 27.3 Å². The summed E-state index contributed by atoms with van der Waals surface area (Å²) in [4.78, 5) is 9.98. The summed E-state index contributed by atoms with van der Waals surface area (Å²) < 4.78 is 26.7. The van der Waals surface area contributed by atoms with Crippen LogP contribution in [0.1, 0.15) is 19.3 Å². The third-order valence-corrected chi connectivity index (χ3v) is 5.77. The number of nitrogens with two attached hydrogens (primary N) is 1. The number of benzene rings is 1. The van der Waals surface area contributed by atoms with E-state index in [1.165, 1.54) is 10.4 Å². The fourth-order valence-electron chi connectivity index (χ4n) is 2.50. The molecular weight excluding hydrogens is 318 g/mol. The Bertz CT molecular complexity index is 650. The summed E-state index contributed by atoms with van der Waals surface area (Å²) in [6.07, 6.45) is 2.26. The molecule has 1 unspecified atom stereocenters. The minimum absolute atomic E-state index is 0.139. The summed E-state index contributed by atoms with van der Waals surface area (Å²) >= 11 is 5.81. The molecule has 1 aliphatic heterocycles. The van der Waals surface area contributed by atoms with Gasteiger partial charge in [0.15, 0.2) is 4.90 Å². The predicted octanol–water partition coefficient (Wildman–Crippen LogP) is 1.75. The predicted molar refractivity (Wildman–Crippen MR) is 78.7 cm³/mol. The van der Waals surface area contributed by atoms with Gasteiger partial charge in [0.25, 0.3) is 5.69 Å². The van der Waals surface area contributed by atoms with Crippen molar-refractivity contribution in [3.63, 3.8) is 0 Å². The Morgan fingerprint density at radius 1 is 1.43 bits per heavy atom. The van der Waals surface area contributed by atoms with Crippen LogP contribution in [0.4, 0.5) is 5.69 Å². The van der Waals surface area contributed by atoms with E-state index in [9.17, 15) is 18.5 Å². The SMILES string of the molecule is NCC1CCCCN1S(=O)(=O)c1cc(Cl)ccc1[N+](=O)[O-]. The van der Waals surface area contributed by atoms with Crippen LogP contribution in [-0.4, -0.2) is 36.8 Å². The largest absolute Gasteiger partial charge is 0.329 e. The molecule has 1 atom stereocenters. The maximum absolute atomic E-state index is 12.7. The van der Waals surface area contributed by atoms with Crippen LogP contribution in [0, 0.1) is 10.1 Å². The van der Waals surface area contributed by atoms with Crippen LogP contribution in [-0.2, 0) is 10.0 Å². The van der Waals surface area contributed by atoms with Gasteiger partial charge in [0.2, 0.25) is 10.0 Å². The fraction of sp³-hybridized carbons (Fsp3) is 0.500. The van der Waals surface area contributed by atoms with Gasteiger partial charge in [-0.3, -0.25) is 10.1 Å². The number of nitrogens with zero attached hydrogens (tertiary/aromatic N) is 2. The van der Waals surface area contributed by atoms with Gasteiger partial charge in [-0.1, -0.05) is 18.0 Å². The molecule has 0 amide bonds. The van der Waals surface area contributed by atoms with Gasteiger partial charge in [0, 0.05) is 30.2 Å². The van der Waals surface area contributed by atoms with Crippen LogP contribution in [0.2, 0.25) is 5.02 Å². The Hall–Kier alpha value is -1.22. The highest BCUT2D eigenvalue weighted by molar-refractivity contribution is 7.89. The van der Waals surface area contributed by atoms with Crippen LogP contribution >= 0.6 is 11.6 Å². The van der Waals surface area contributed by atoms with Gasteiger partial charge in [0.1, 0.15) is 0 Å². The fourth-order valence-corrected chi connectivity index (χ4v) is 4.62. The number of hydrogen-bond donors (Lipinski definition) is 1. The van der Waals surface area contributed by atoms with E-state index in [4.69, 9.17) is 17.3 Å². The molecule has 21 heavy (non-hydrogen) atoms. The van der Waals surface area contributed by atoms with E-state index >= 15 is 0 Å². The van der Waals surface area contributed by atoms with E-state index in [1.807, 2.05) is 0 Å². The van der Waals surface area contributed by atoms with Crippen molar-refractivity contribution in [2.75, 3.05) is 13.1 Å². The third kappa shape index (κ3) is 3.18. The first kappa shape index (κ1) is 16.2. The first-order chi connectivity index (χ1) is 9.87. The van der Waals surface area contributed by atoms with Gasteiger partial charge in [-0.05, 0) is 25.0 Å². The molecule has 0 aromatic heterocycles. The van der Waals surface area contributed by atoms with Crippen LogP contribution in [0.5, 0.6) is 0 Å². The zero-order valence-corrected chi connectivity index (χ0v) is 12.8. The lowest BCUT2D eigenvalue weighted by atomic mass is 10.1. The summed E-state index contributed by atoms with van der Waals surface area (Å²) in [7, 11) is -3.99. The molecule has 0 aliphatic carbocycles. The quantitative estimate of drug-likeness (QED) is 0.667. The van der Waals surface area contributed by atoms with Gasteiger partial charge >= 0.3 is 0 Å². The van der Waals surface area contributed by atoms with E-state index < -0.39 is 20.6 Å². The molecule has 0 radical (unpaired) electrons. The van der Waals surface area contributed by atoms with Crippen molar-refractivity contribution < 1.29 is 13.3 Å². The monoisotopic (exact) mass is 333 g/mol. The normalized spacial score (nSPS) is 20.4. The molecule has 1 fully saturated rings. The zero-order valence-electron chi connectivity index (χ0n) is 11.2. The van der Waals surface area contributed by atoms with Crippen molar-refractivity contribution in [2.24, 2.45) is 5.73 Å². The second-order valence-corrected chi connectivity index (χ2v) is 7.17. The third-order valence-electron chi connectivity index (χ3n) is 3.55. The van der Waals surface area contributed by atoms with Crippen molar-refractivity contribution in [3.8, 4) is 0 Å². The number of rotatable bonds is 4. The molecule has 9 heteroatoms. The average Bonchev–Trinajstić information content (AvgIpc) is 2.46. The number of nitro benzene ring substituents is 1. The smallest absolute Gasteiger partial charge is 0.289 e. The minimum atomic E-state index is -3.99. The van der Waals surface area contributed by atoms with Crippen LogP contribution in [0.15, 0.2) is 23.1 Å². The van der Waals surface area contributed by atoms with E-state index in [2.05, 4.69) is 0 Å².